The predicted octanol–water partition coefficient (Wildman–Crippen LogP) is 1.26. The fourth-order valence-corrected chi connectivity index (χ4v) is 6.50. The number of primary amides is 1. The standard InChI is InChI=1S/C28H33F3N4O8/c1-5-35(6-2)10-16(36)33-15-9-13(28(29,30)31)12-7-11-8-14-20(34(3)4)23(39)19(26(32)42)25(41)27(14,43)24(40)17(11)22(38)18(12)21(15)37/h9,11,14,20,37-38,41,43H,5-8,10H2,1-4H3,(H2,32,42)(H,33,36)/t11-,14-,20-,27-/m0/s1. The van der Waals surface area contributed by atoms with Crippen LogP contribution in [0.4, 0.5) is 18.9 Å². The third-order valence-electron chi connectivity index (χ3n) is 8.56. The largest absolute Gasteiger partial charge is 0.508 e. The van der Waals surface area contributed by atoms with Crippen LogP contribution in [0.15, 0.2) is 23.0 Å². The number of aromatic hydroxyl groups is 1. The number of halogens is 3. The van der Waals surface area contributed by atoms with E-state index in [0.717, 1.165) is 0 Å². The first-order chi connectivity index (χ1) is 19.9. The number of phenolic OH excluding ortho intramolecular Hbond substituents is 1. The molecule has 3 aliphatic carbocycles. The Hall–Kier alpha value is -3.95. The normalized spacial score (nSPS) is 25.6. The van der Waals surface area contributed by atoms with Crippen molar-refractivity contribution in [2.75, 3.05) is 39.0 Å². The van der Waals surface area contributed by atoms with Crippen LogP contribution in [0.3, 0.4) is 0 Å². The monoisotopic (exact) mass is 610 g/mol. The number of nitrogens with one attached hydrogen (secondary N) is 1. The minimum Gasteiger partial charge on any atom is -0.508 e. The van der Waals surface area contributed by atoms with Gasteiger partial charge >= 0.3 is 6.18 Å². The Balaban J connectivity index is 1.93. The summed E-state index contributed by atoms with van der Waals surface area (Å²) in [4.78, 5) is 54.7. The van der Waals surface area contributed by atoms with Crippen LogP contribution in [0.25, 0.3) is 5.76 Å². The summed E-state index contributed by atoms with van der Waals surface area (Å²) >= 11 is 0. The molecule has 1 aromatic carbocycles. The van der Waals surface area contributed by atoms with Gasteiger partial charge in [0.1, 0.15) is 22.8 Å². The van der Waals surface area contributed by atoms with Crippen molar-refractivity contribution in [3.63, 3.8) is 0 Å². The molecule has 1 fully saturated rings. The Morgan fingerprint density at radius 2 is 1.74 bits per heavy atom. The lowest BCUT2D eigenvalue weighted by molar-refractivity contribution is -0.153. The average Bonchev–Trinajstić information content (AvgIpc) is 2.89. The molecule has 0 unspecified atom stereocenters. The van der Waals surface area contributed by atoms with Crippen molar-refractivity contribution >= 4 is 34.8 Å². The fraction of sp³-hybridized carbons (Fsp3) is 0.500. The molecule has 7 N–H and O–H groups in total. The first-order valence-corrected chi connectivity index (χ1v) is 13.5. The molecular formula is C28H33F3N4O8. The molecule has 0 heterocycles. The van der Waals surface area contributed by atoms with E-state index >= 15 is 0 Å². The lowest BCUT2D eigenvalue weighted by atomic mass is 9.57. The number of fused-ring (bicyclic) bond motifs is 3. The first-order valence-electron chi connectivity index (χ1n) is 13.5. The van der Waals surface area contributed by atoms with Crippen molar-refractivity contribution in [1.82, 2.24) is 9.80 Å². The number of carbonyl (C=O) groups excluding carboxylic acids is 4. The number of nitrogens with zero attached hydrogens (tertiary/aromatic N) is 2. The second kappa shape index (κ2) is 11.0. The number of benzene rings is 1. The summed E-state index contributed by atoms with van der Waals surface area (Å²) in [5.74, 6) is -10.5. The van der Waals surface area contributed by atoms with Gasteiger partial charge in [-0.3, -0.25) is 29.0 Å². The van der Waals surface area contributed by atoms with Crippen molar-refractivity contribution < 1.29 is 52.8 Å². The maximum Gasteiger partial charge on any atom is 0.416 e. The van der Waals surface area contributed by atoms with Crippen molar-refractivity contribution in [2.45, 2.75) is 44.5 Å². The molecule has 0 bridgehead atoms. The third-order valence-corrected chi connectivity index (χ3v) is 8.56. The summed E-state index contributed by atoms with van der Waals surface area (Å²) in [6.45, 7) is 4.28. The number of Topliss-reactive ketones (excluding diaryl/α,β-unsaturated/α-hetero) is 2. The van der Waals surface area contributed by atoms with Gasteiger partial charge in [0.05, 0.1) is 29.4 Å². The molecule has 0 radical (unpaired) electrons. The van der Waals surface area contributed by atoms with E-state index in [1.807, 2.05) is 0 Å². The Labute approximate surface area is 244 Å². The Morgan fingerprint density at radius 3 is 2.26 bits per heavy atom. The number of nitrogens with two attached hydrogens (primary N) is 1. The zero-order valence-electron chi connectivity index (χ0n) is 23.9. The third kappa shape index (κ3) is 4.94. The molecule has 4 rings (SSSR count). The van der Waals surface area contributed by atoms with Crippen LogP contribution >= 0.6 is 0 Å². The maximum atomic E-state index is 14.3. The molecular weight excluding hydrogens is 577 g/mol. The highest BCUT2D eigenvalue weighted by molar-refractivity contribution is 6.24. The SMILES string of the molecule is CCN(CC)CC(=O)Nc1cc(C(F)(F)F)c2c(c1O)C(O)=C1C(=O)[C@]3(O)C(O)=C(C(N)=O)C(=O)[C@@H](N(C)C)[C@@H]3C[C@@H]1C2. The molecule has 1 saturated carbocycles. The van der Waals surface area contributed by atoms with Crippen molar-refractivity contribution in [2.24, 2.45) is 17.6 Å². The van der Waals surface area contributed by atoms with Crippen molar-refractivity contribution in [3.05, 3.63) is 39.7 Å². The number of hydrogen-bond donors (Lipinski definition) is 6. The number of anilines is 1. The van der Waals surface area contributed by atoms with Crippen LogP contribution in [0.5, 0.6) is 5.75 Å². The number of amides is 2. The van der Waals surface area contributed by atoms with Gasteiger partial charge in [0.25, 0.3) is 5.91 Å². The molecule has 234 valence electrons. The van der Waals surface area contributed by atoms with Gasteiger partial charge in [-0.25, -0.2) is 0 Å². The number of likely N-dealkylation sites (N-methyl/N-ethyl adjacent to an activating group) is 2. The molecule has 0 aliphatic heterocycles. The van der Waals surface area contributed by atoms with E-state index in [1.54, 1.807) is 18.7 Å². The molecule has 0 aromatic heterocycles. The van der Waals surface area contributed by atoms with Gasteiger partial charge in [-0.1, -0.05) is 13.8 Å². The number of aliphatic hydroxyl groups excluding tert-OH is 2. The van der Waals surface area contributed by atoms with E-state index in [2.05, 4.69) is 5.32 Å². The number of ketones is 2. The molecule has 3 aliphatic rings. The topological polar surface area (TPSA) is 194 Å². The number of rotatable bonds is 7. The Morgan fingerprint density at radius 1 is 1.14 bits per heavy atom. The van der Waals surface area contributed by atoms with E-state index in [0.29, 0.717) is 19.2 Å². The summed E-state index contributed by atoms with van der Waals surface area (Å²) in [7, 11) is 2.81. The highest BCUT2D eigenvalue weighted by atomic mass is 19.4. The second-order valence-electron chi connectivity index (χ2n) is 11.1. The molecule has 43 heavy (non-hydrogen) atoms. The minimum atomic E-state index is -5.02. The van der Waals surface area contributed by atoms with Crippen LogP contribution in [-0.2, 0) is 31.8 Å². The van der Waals surface area contributed by atoms with E-state index in [-0.39, 0.29) is 13.0 Å². The Kier molecular flexibility index (Phi) is 8.15. The molecule has 0 saturated heterocycles. The van der Waals surface area contributed by atoms with Gasteiger partial charge in [0.2, 0.25) is 11.7 Å². The fourth-order valence-electron chi connectivity index (χ4n) is 6.50. The summed E-state index contributed by atoms with van der Waals surface area (Å²) < 4.78 is 43.0. The smallest absolute Gasteiger partial charge is 0.416 e. The number of carbonyl (C=O) groups is 4. The maximum absolute atomic E-state index is 14.3. The number of aliphatic hydroxyl groups is 3. The zero-order valence-corrected chi connectivity index (χ0v) is 23.9. The highest BCUT2D eigenvalue weighted by Crippen LogP contribution is 2.55. The summed E-state index contributed by atoms with van der Waals surface area (Å²) in [6.07, 6.45) is -5.94. The Bertz CT molecular complexity index is 1480. The quantitative estimate of drug-likeness (QED) is 0.193. The van der Waals surface area contributed by atoms with Gasteiger partial charge in [-0.05, 0) is 57.6 Å². The van der Waals surface area contributed by atoms with E-state index < -0.39 is 110 Å². The highest BCUT2D eigenvalue weighted by Gasteiger charge is 2.64. The average molecular weight is 611 g/mol. The van der Waals surface area contributed by atoms with Gasteiger partial charge in [-0.15, -0.1) is 0 Å². The van der Waals surface area contributed by atoms with Crippen molar-refractivity contribution in [1.29, 1.82) is 0 Å². The zero-order chi connectivity index (χ0) is 32.3. The van der Waals surface area contributed by atoms with Crippen LogP contribution in [-0.4, -0.2) is 99.0 Å². The molecule has 0 spiro atoms. The summed E-state index contributed by atoms with van der Waals surface area (Å²) in [5.41, 5.74) is -2.55. The number of hydrogen-bond acceptors (Lipinski definition) is 10. The summed E-state index contributed by atoms with van der Waals surface area (Å²) in [5, 5.41) is 47.1. The van der Waals surface area contributed by atoms with Crippen molar-refractivity contribution in [3.8, 4) is 5.75 Å². The second-order valence-corrected chi connectivity index (χ2v) is 11.1. The van der Waals surface area contributed by atoms with E-state index in [1.165, 1.54) is 19.0 Å². The van der Waals surface area contributed by atoms with Gasteiger partial charge in [-0.2, -0.15) is 13.2 Å². The van der Waals surface area contributed by atoms with Crippen LogP contribution < -0.4 is 11.1 Å². The van der Waals surface area contributed by atoms with E-state index in [9.17, 15) is 52.8 Å². The first kappa shape index (κ1) is 32.0. The number of phenols is 1. The molecule has 15 heteroatoms. The van der Waals surface area contributed by atoms with Gasteiger partial charge in [0, 0.05) is 11.5 Å². The summed E-state index contributed by atoms with van der Waals surface area (Å²) in [6, 6.07) is -0.829. The lowest BCUT2D eigenvalue weighted by Gasteiger charge is -2.50. The van der Waals surface area contributed by atoms with Crippen LogP contribution in [0.2, 0.25) is 0 Å². The molecule has 12 nitrogen and oxygen atoms in total. The van der Waals surface area contributed by atoms with Gasteiger partial charge < -0.3 is 31.5 Å². The minimum absolute atomic E-state index is 0.202. The van der Waals surface area contributed by atoms with Crippen LogP contribution in [0, 0.1) is 11.8 Å². The van der Waals surface area contributed by atoms with Gasteiger partial charge in [0.15, 0.2) is 11.4 Å². The van der Waals surface area contributed by atoms with E-state index in [4.69, 9.17) is 5.73 Å². The molecule has 4 atom stereocenters. The number of alkyl halides is 3. The van der Waals surface area contributed by atoms with Crippen LogP contribution in [0.1, 0.15) is 37.0 Å². The molecule has 1 aromatic rings. The predicted molar refractivity (Wildman–Crippen MR) is 146 cm³/mol. The molecule has 2 amide bonds. The lowest BCUT2D eigenvalue weighted by Crippen LogP contribution is -2.65.